The monoisotopic (exact) mass is 302 g/mol. The van der Waals surface area contributed by atoms with Crippen LogP contribution in [0.2, 0.25) is 0 Å². The highest BCUT2D eigenvalue weighted by Crippen LogP contribution is 2.29. The number of halogens is 3. The number of oxime groups is 1. The molecule has 2 rings (SSSR count). The molecule has 0 saturated carbocycles. The van der Waals surface area contributed by atoms with Crippen LogP contribution in [0, 0.1) is 5.92 Å². The fourth-order valence-corrected chi connectivity index (χ4v) is 2.40. The quantitative estimate of drug-likeness (QED) is 0.389. The Morgan fingerprint density at radius 2 is 1.95 bits per heavy atom. The molecule has 7 heteroatoms. The van der Waals surface area contributed by atoms with Gasteiger partial charge in [-0.1, -0.05) is 11.2 Å². The van der Waals surface area contributed by atoms with E-state index in [1.807, 2.05) is 6.07 Å². The Morgan fingerprint density at radius 3 is 2.57 bits per heavy atom. The largest absolute Gasteiger partial charge is 0.492 e. The maximum Gasteiger partial charge on any atom is 0.402 e. The number of nitrogens with zero attached hydrogens (tertiary/aromatic N) is 1. The van der Waals surface area contributed by atoms with E-state index in [0.29, 0.717) is 5.75 Å². The number of hydrogen-bond acceptors (Lipinski definition) is 3. The molecule has 0 aromatic heterocycles. The fourth-order valence-electron chi connectivity index (χ4n) is 2.40. The van der Waals surface area contributed by atoms with E-state index >= 15 is 0 Å². The first kappa shape index (κ1) is 15.5. The number of rotatable bonds is 4. The number of hydrogen-bond donors (Lipinski definition) is 2. The summed E-state index contributed by atoms with van der Waals surface area (Å²) in [5.74, 6) is -2.66. The van der Waals surface area contributed by atoms with E-state index in [2.05, 4.69) is 5.16 Å². The van der Waals surface area contributed by atoms with Crippen molar-refractivity contribution in [2.75, 3.05) is 6.61 Å². The molecule has 0 aliphatic heterocycles. The lowest BCUT2D eigenvalue weighted by Crippen LogP contribution is -2.40. The van der Waals surface area contributed by atoms with Crippen LogP contribution in [0.4, 0.5) is 13.2 Å². The number of alkyl halides is 3. The predicted molar refractivity (Wildman–Crippen MR) is 71.5 cm³/mol. The fraction of sp³-hybridized carbons (Fsp3) is 0.500. The molecule has 1 aromatic carbocycles. The van der Waals surface area contributed by atoms with Gasteiger partial charge in [0.25, 0.3) is 0 Å². The zero-order valence-corrected chi connectivity index (χ0v) is 11.4. The summed E-state index contributed by atoms with van der Waals surface area (Å²) in [5, 5.41) is 10.9. The molecule has 1 aliphatic rings. The first-order valence-electron chi connectivity index (χ1n) is 6.70. The smallest absolute Gasteiger partial charge is 0.402 e. The second kappa shape index (κ2) is 6.24. The minimum Gasteiger partial charge on any atom is -0.492 e. The minimum atomic E-state index is -4.62. The molecule has 1 unspecified atom stereocenters. The van der Waals surface area contributed by atoms with Gasteiger partial charge in [-0.2, -0.15) is 13.2 Å². The van der Waals surface area contributed by atoms with Crippen LogP contribution in [0.25, 0.3) is 0 Å². The van der Waals surface area contributed by atoms with Gasteiger partial charge in [0, 0.05) is 0 Å². The van der Waals surface area contributed by atoms with E-state index in [9.17, 15) is 13.2 Å². The van der Waals surface area contributed by atoms with Gasteiger partial charge in [0.15, 0.2) is 5.84 Å². The van der Waals surface area contributed by atoms with Crippen molar-refractivity contribution in [2.24, 2.45) is 16.8 Å². The third-order valence-corrected chi connectivity index (χ3v) is 3.60. The maximum atomic E-state index is 12.8. The number of nitrogens with two attached hydrogens (primary N) is 1. The van der Waals surface area contributed by atoms with Crippen LogP contribution >= 0.6 is 0 Å². The summed E-state index contributed by atoms with van der Waals surface area (Å²) in [6.07, 6.45) is -0.510. The average Bonchev–Trinajstić information content (AvgIpc) is 2.45. The van der Waals surface area contributed by atoms with Gasteiger partial charge in [-0.05, 0) is 48.9 Å². The van der Waals surface area contributed by atoms with Crippen LogP contribution in [-0.4, -0.2) is 23.8 Å². The predicted octanol–water partition coefficient (Wildman–Crippen LogP) is 2.87. The standard InChI is InChI=1S/C14H17F3N2O2/c15-14(16,17)12(13(18)19-20)8-21-11-6-5-9-3-1-2-4-10(9)7-11/h5-7,12,20H,1-4,8H2,(H2,18,19). The van der Waals surface area contributed by atoms with Crippen molar-refractivity contribution in [1.29, 1.82) is 0 Å². The van der Waals surface area contributed by atoms with Crippen molar-refractivity contribution in [1.82, 2.24) is 0 Å². The van der Waals surface area contributed by atoms with Crippen molar-refractivity contribution in [3.63, 3.8) is 0 Å². The van der Waals surface area contributed by atoms with Crippen LogP contribution in [-0.2, 0) is 12.8 Å². The molecule has 1 atom stereocenters. The highest BCUT2D eigenvalue weighted by atomic mass is 19.4. The second-order valence-corrected chi connectivity index (χ2v) is 5.07. The van der Waals surface area contributed by atoms with E-state index in [1.54, 1.807) is 12.1 Å². The lowest BCUT2D eigenvalue weighted by Gasteiger charge is -2.20. The molecule has 0 heterocycles. The van der Waals surface area contributed by atoms with Gasteiger partial charge in [-0.15, -0.1) is 0 Å². The topological polar surface area (TPSA) is 67.8 Å². The first-order chi connectivity index (χ1) is 9.91. The highest BCUT2D eigenvalue weighted by molar-refractivity contribution is 5.83. The van der Waals surface area contributed by atoms with Gasteiger partial charge >= 0.3 is 6.18 Å². The van der Waals surface area contributed by atoms with Crippen molar-refractivity contribution < 1.29 is 23.1 Å². The third kappa shape index (κ3) is 3.80. The Balaban J connectivity index is 2.07. The lowest BCUT2D eigenvalue weighted by atomic mass is 9.92. The summed E-state index contributed by atoms with van der Waals surface area (Å²) in [6, 6.07) is 5.31. The van der Waals surface area contributed by atoms with Crippen molar-refractivity contribution in [3.8, 4) is 5.75 Å². The first-order valence-corrected chi connectivity index (χ1v) is 6.70. The van der Waals surface area contributed by atoms with Gasteiger partial charge in [-0.3, -0.25) is 0 Å². The average molecular weight is 302 g/mol. The molecule has 0 saturated heterocycles. The van der Waals surface area contributed by atoms with Gasteiger partial charge in [0.1, 0.15) is 18.3 Å². The number of ether oxygens (including phenoxy) is 1. The summed E-state index contributed by atoms with van der Waals surface area (Å²) < 4.78 is 43.5. The highest BCUT2D eigenvalue weighted by Gasteiger charge is 2.43. The molecule has 1 aliphatic carbocycles. The molecule has 1 aromatic rings. The molecule has 0 spiro atoms. The number of fused-ring (bicyclic) bond motifs is 1. The normalized spacial score (nSPS) is 17.2. The Labute approximate surface area is 120 Å². The number of benzene rings is 1. The van der Waals surface area contributed by atoms with E-state index in [-0.39, 0.29) is 0 Å². The Morgan fingerprint density at radius 1 is 1.29 bits per heavy atom. The van der Waals surface area contributed by atoms with E-state index in [4.69, 9.17) is 15.7 Å². The van der Waals surface area contributed by atoms with Gasteiger partial charge in [0.2, 0.25) is 0 Å². The Bertz CT molecular complexity index is 529. The molecule has 116 valence electrons. The van der Waals surface area contributed by atoms with Gasteiger partial charge < -0.3 is 15.7 Å². The third-order valence-electron chi connectivity index (χ3n) is 3.60. The summed E-state index contributed by atoms with van der Waals surface area (Å²) in [7, 11) is 0. The lowest BCUT2D eigenvalue weighted by molar-refractivity contribution is -0.162. The molecule has 3 N–H and O–H groups in total. The summed E-state index contributed by atoms with van der Waals surface area (Å²) in [4.78, 5) is 0. The number of aryl methyl sites for hydroxylation is 2. The Hall–Kier alpha value is -1.92. The van der Waals surface area contributed by atoms with Gasteiger partial charge in [0.05, 0.1) is 0 Å². The van der Waals surface area contributed by atoms with Crippen LogP contribution in [0.3, 0.4) is 0 Å². The molecule has 0 bridgehead atoms. The molecule has 0 radical (unpaired) electrons. The molecule has 0 fully saturated rings. The van der Waals surface area contributed by atoms with Crippen LogP contribution < -0.4 is 10.5 Å². The number of amidine groups is 1. The molecule has 0 amide bonds. The minimum absolute atomic E-state index is 0.371. The molecule has 21 heavy (non-hydrogen) atoms. The summed E-state index contributed by atoms with van der Waals surface area (Å²) >= 11 is 0. The Kier molecular flexibility index (Phi) is 4.59. The van der Waals surface area contributed by atoms with E-state index in [1.165, 1.54) is 5.56 Å². The van der Waals surface area contributed by atoms with Crippen molar-refractivity contribution in [3.05, 3.63) is 29.3 Å². The van der Waals surface area contributed by atoms with Crippen LogP contribution in [0.5, 0.6) is 5.75 Å². The summed E-state index contributed by atoms with van der Waals surface area (Å²) in [6.45, 7) is -0.710. The van der Waals surface area contributed by atoms with Crippen molar-refractivity contribution in [2.45, 2.75) is 31.9 Å². The van der Waals surface area contributed by atoms with Crippen LogP contribution in [0.15, 0.2) is 23.4 Å². The zero-order chi connectivity index (χ0) is 15.5. The second-order valence-electron chi connectivity index (χ2n) is 5.07. The van der Waals surface area contributed by atoms with Crippen molar-refractivity contribution >= 4 is 5.84 Å². The SMILES string of the molecule is N/C(=N/O)C(COc1ccc2c(c1)CCCC2)C(F)(F)F. The molecular formula is C14H17F3N2O2. The van der Waals surface area contributed by atoms with E-state index < -0.39 is 24.5 Å². The zero-order valence-electron chi connectivity index (χ0n) is 11.4. The molecular weight excluding hydrogens is 285 g/mol. The maximum absolute atomic E-state index is 12.8. The van der Waals surface area contributed by atoms with Gasteiger partial charge in [-0.25, -0.2) is 0 Å². The van der Waals surface area contributed by atoms with E-state index in [0.717, 1.165) is 31.2 Å². The van der Waals surface area contributed by atoms with Crippen LogP contribution in [0.1, 0.15) is 24.0 Å². The molecule has 4 nitrogen and oxygen atoms in total. The summed E-state index contributed by atoms with van der Waals surface area (Å²) in [5.41, 5.74) is 7.41.